The van der Waals surface area contributed by atoms with E-state index in [2.05, 4.69) is 0 Å². The average Bonchev–Trinajstić information content (AvgIpc) is 2.27. The summed E-state index contributed by atoms with van der Waals surface area (Å²) in [5, 5.41) is 0. The second-order valence-electron chi connectivity index (χ2n) is 5.36. The van der Waals surface area contributed by atoms with Gasteiger partial charge in [0.1, 0.15) is 5.75 Å². The number of sulfone groups is 1. The standard InChI is InChI=1S/C13H15ClO4S/c1-8-10(18-12(14)15)5-4-9-11(8)19(16,17)7-6-13(9,2)3/h4-5H,6-7H2,1-3H3. The van der Waals surface area contributed by atoms with Crippen LogP contribution in [0.2, 0.25) is 0 Å². The molecule has 0 amide bonds. The molecule has 0 aromatic heterocycles. The van der Waals surface area contributed by atoms with Crippen molar-refractivity contribution in [1.29, 1.82) is 0 Å². The van der Waals surface area contributed by atoms with Gasteiger partial charge in [-0.15, -0.1) is 0 Å². The number of rotatable bonds is 1. The predicted octanol–water partition coefficient (Wildman–Crippen LogP) is 3.19. The molecule has 0 atom stereocenters. The third-order valence-electron chi connectivity index (χ3n) is 3.58. The summed E-state index contributed by atoms with van der Waals surface area (Å²) in [6.45, 7) is 5.65. The van der Waals surface area contributed by atoms with Gasteiger partial charge in [-0.3, -0.25) is 0 Å². The van der Waals surface area contributed by atoms with Crippen molar-refractivity contribution >= 4 is 26.9 Å². The highest BCUT2D eigenvalue weighted by Crippen LogP contribution is 2.42. The van der Waals surface area contributed by atoms with Crippen LogP contribution >= 0.6 is 11.6 Å². The van der Waals surface area contributed by atoms with Crippen LogP contribution in [0.15, 0.2) is 17.0 Å². The number of carbonyl (C=O) groups excluding carboxylic acids is 1. The lowest BCUT2D eigenvalue weighted by Gasteiger charge is -2.33. The van der Waals surface area contributed by atoms with Crippen molar-refractivity contribution in [3.05, 3.63) is 23.3 Å². The molecule has 0 spiro atoms. The molecule has 0 radical (unpaired) electrons. The van der Waals surface area contributed by atoms with Gasteiger partial charge in [0.05, 0.1) is 10.6 Å². The number of fused-ring (bicyclic) bond motifs is 1. The number of carbonyl (C=O) groups is 1. The van der Waals surface area contributed by atoms with Crippen LogP contribution in [-0.2, 0) is 15.3 Å². The third kappa shape index (κ3) is 2.49. The van der Waals surface area contributed by atoms with Gasteiger partial charge in [-0.25, -0.2) is 13.2 Å². The Labute approximate surface area is 117 Å². The van der Waals surface area contributed by atoms with Gasteiger partial charge in [0.25, 0.3) is 0 Å². The molecular formula is C13H15ClO4S. The van der Waals surface area contributed by atoms with Crippen molar-refractivity contribution in [2.75, 3.05) is 5.75 Å². The fourth-order valence-corrected chi connectivity index (χ4v) is 4.74. The predicted molar refractivity (Wildman–Crippen MR) is 72.8 cm³/mol. The summed E-state index contributed by atoms with van der Waals surface area (Å²) in [5.41, 5.74) is 0.0231. The highest BCUT2D eigenvalue weighted by atomic mass is 35.5. The van der Waals surface area contributed by atoms with Crippen LogP contribution in [0.3, 0.4) is 0 Å². The van der Waals surface area contributed by atoms with Gasteiger partial charge in [0, 0.05) is 17.2 Å². The maximum absolute atomic E-state index is 12.2. The first-order valence-corrected chi connectivity index (χ1v) is 7.92. The lowest BCUT2D eigenvalue weighted by atomic mass is 9.81. The minimum Gasteiger partial charge on any atom is -0.414 e. The number of halogens is 1. The minimum atomic E-state index is -3.34. The molecule has 6 heteroatoms. The third-order valence-corrected chi connectivity index (χ3v) is 5.55. The van der Waals surface area contributed by atoms with Crippen LogP contribution in [0.25, 0.3) is 0 Å². The molecule has 4 nitrogen and oxygen atoms in total. The van der Waals surface area contributed by atoms with E-state index >= 15 is 0 Å². The fourth-order valence-electron chi connectivity index (χ4n) is 2.43. The van der Waals surface area contributed by atoms with Gasteiger partial charge in [0.2, 0.25) is 0 Å². The van der Waals surface area contributed by atoms with E-state index < -0.39 is 15.3 Å². The van der Waals surface area contributed by atoms with E-state index in [0.29, 0.717) is 12.0 Å². The summed E-state index contributed by atoms with van der Waals surface area (Å²) in [4.78, 5) is 11.1. The molecule has 1 aromatic rings. The van der Waals surface area contributed by atoms with Crippen molar-refractivity contribution in [3.63, 3.8) is 0 Å². The highest BCUT2D eigenvalue weighted by Gasteiger charge is 2.37. The topological polar surface area (TPSA) is 60.4 Å². The summed E-state index contributed by atoms with van der Waals surface area (Å²) in [6.07, 6.45) is 0.580. The summed E-state index contributed by atoms with van der Waals surface area (Å²) in [6, 6.07) is 3.30. The van der Waals surface area contributed by atoms with Crippen LogP contribution in [-0.4, -0.2) is 19.6 Å². The molecule has 0 fully saturated rings. The zero-order valence-electron chi connectivity index (χ0n) is 11.0. The summed E-state index contributed by atoms with van der Waals surface area (Å²) >= 11 is 5.18. The van der Waals surface area contributed by atoms with Crippen LogP contribution in [0, 0.1) is 6.92 Å². The normalized spacial score (nSPS) is 19.6. The van der Waals surface area contributed by atoms with Gasteiger partial charge in [-0.05, 0) is 30.4 Å². The van der Waals surface area contributed by atoms with Crippen molar-refractivity contribution in [3.8, 4) is 5.75 Å². The Balaban J connectivity index is 2.72. The van der Waals surface area contributed by atoms with Crippen LogP contribution in [0.5, 0.6) is 5.75 Å². The van der Waals surface area contributed by atoms with Crippen molar-refractivity contribution in [1.82, 2.24) is 0 Å². The molecular weight excluding hydrogens is 288 g/mol. The molecule has 1 aromatic carbocycles. The first-order valence-electron chi connectivity index (χ1n) is 5.89. The Hall–Kier alpha value is -1.07. The number of hydrogen-bond donors (Lipinski definition) is 0. The lowest BCUT2D eigenvalue weighted by Crippen LogP contribution is -2.31. The van der Waals surface area contributed by atoms with E-state index in [-0.39, 0.29) is 21.8 Å². The molecule has 0 bridgehead atoms. The Morgan fingerprint density at radius 3 is 2.58 bits per heavy atom. The van der Waals surface area contributed by atoms with E-state index in [9.17, 15) is 13.2 Å². The Kier molecular flexibility index (Phi) is 3.39. The second-order valence-corrected chi connectivity index (χ2v) is 7.71. The maximum atomic E-state index is 12.2. The molecule has 19 heavy (non-hydrogen) atoms. The monoisotopic (exact) mass is 302 g/mol. The summed E-state index contributed by atoms with van der Waals surface area (Å²) in [7, 11) is -3.34. The van der Waals surface area contributed by atoms with E-state index in [4.69, 9.17) is 16.3 Å². The zero-order chi connectivity index (χ0) is 14.4. The summed E-state index contributed by atoms with van der Waals surface area (Å²) < 4.78 is 29.3. The Bertz CT molecular complexity index is 647. The molecule has 0 unspecified atom stereocenters. The quantitative estimate of drug-likeness (QED) is 0.748. The Morgan fingerprint density at radius 1 is 1.37 bits per heavy atom. The van der Waals surface area contributed by atoms with Gasteiger partial charge >= 0.3 is 5.43 Å². The van der Waals surface area contributed by atoms with Gasteiger partial charge in [-0.2, -0.15) is 0 Å². The average molecular weight is 303 g/mol. The van der Waals surface area contributed by atoms with Crippen molar-refractivity contribution < 1.29 is 17.9 Å². The Morgan fingerprint density at radius 2 is 2.00 bits per heavy atom. The molecule has 1 aliphatic heterocycles. The molecule has 0 aliphatic carbocycles. The number of hydrogen-bond acceptors (Lipinski definition) is 4. The van der Waals surface area contributed by atoms with E-state index in [1.807, 2.05) is 13.8 Å². The van der Waals surface area contributed by atoms with Crippen LogP contribution in [0.1, 0.15) is 31.4 Å². The molecule has 104 valence electrons. The first-order chi connectivity index (χ1) is 8.65. The molecule has 0 saturated heterocycles. The number of ether oxygens (including phenoxy) is 1. The van der Waals surface area contributed by atoms with E-state index in [1.165, 1.54) is 0 Å². The maximum Gasteiger partial charge on any atom is 0.409 e. The largest absolute Gasteiger partial charge is 0.414 e. The first kappa shape index (κ1) is 14.3. The minimum absolute atomic E-state index is 0.103. The van der Waals surface area contributed by atoms with E-state index in [0.717, 1.165) is 5.56 Å². The molecule has 0 saturated carbocycles. The SMILES string of the molecule is Cc1c(OC(=O)Cl)ccc2c1S(=O)(=O)CCC2(C)C. The summed E-state index contributed by atoms with van der Waals surface area (Å²) in [5.74, 6) is 0.298. The zero-order valence-corrected chi connectivity index (χ0v) is 12.6. The molecule has 2 rings (SSSR count). The molecule has 0 N–H and O–H groups in total. The lowest BCUT2D eigenvalue weighted by molar-refractivity contribution is 0.225. The molecule has 1 heterocycles. The van der Waals surface area contributed by atoms with Crippen molar-refractivity contribution in [2.24, 2.45) is 0 Å². The second kappa shape index (κ2) is 4.49. The fraction of sp³-hybridized carbons (Fsp3) is 0.462. The van der Waals surface area contributed by atoms with E-state index in [1.54, 1.807) is 19.1 Å². The highest BCUT2D eigenvalue weighted by molar-refractivity contribution is 7.91. The van der Waals surface area contributed by atoms with Gasteiger partial charge < -0.3 is 4.74 Å². The van der Waals surface area contributed by atoms with Crippen molar-refractivity contribution in [2.45, 2.75) is 37.5 Å². The van der Waals surface area contributed by atoms with Gasteiger partial charge in [-0.1, -0.05) is 19.9 Å². The van der Waals surface area contributed by atoms with Crippen LogP contribution < -0.4 is 4.74 Å². The number of benzene rings is 1. The molecule has 1 aliphatic rings. The van der Waals surface area contributed by atoms with Gasteiger partial charge in [0.15, 0.2) is 9.84 Å². The smallest absolute Gasteiger partial charge is 0.409 e. The van der Waals surface area contributed by atoms with Crippen LogP contribution in [0.4, 0.5) is 4.79 Å².